The van der Waals surface area contributed by atoms with E-state index in [0.717, 1.165) is 19.4 Å². The quantitative estimate of drug-likeness (QED) is 0.713. The fraction of sp³-hybridized carbons (Fsp3) is 0.579. The first-order valence-corrected chi connectivity index (χ1v) is 8.89. The number of aldehydes is 1. The van der Waals surface area contributed by atoms with Crippen LogP contribution in [0.2, 0.25) is 0 Å². The van der Waals surface area contributed by atoms with Gasteiger partial charge in [0.1, 0.15) is 6.29 Å². The molecular formula is C19H29N3O3. The fourth-order valence-corrected chi connectivity index (χ4v) is 3.54. The highest BCUT2D eigenvalue weighted by Crippen LogP contribution is 2.20. The van der Waals surface area contributed by atoms with Gasteiger partial charge in [-0.2, -0.15) is 0 Å². The third kappa shape index (κ3) is 4.58. The van der Waals surface area contributed by atoms with Gasteiger partial charge in [0, 0.05) is 37.9 Å². The third-order valence-electron chi connectivity index (χ3n) is 5.10. The minimum atomic E-state index is -0.792. The number of aliphatic hydroxyl groups excluding tert-OH is 1. The number of piperazine rings is 1. The second kappa shape index (κ2) is 8.97. The van der Waals surface area contributed by atoms with Crippen LogP contribution in [0.25, 0.3) is 0 Å². The van der Waals surface area contributed by atoms with Crippen LogP contribution in [-0.2, 0) is 9.59 Å². The van der Waals surface area contributed by atoms with Crippen LogP contribution in [0.4, 0.5) is 5.69 Å². The Balaban J connectivity index is 1.97. The van der Waals surface area contributed by atoms with E-state index >= 15 is 0 Å². The summed E-state index contributed by atoms with van der Waals surface area (Å²) in [4.78, 5) is 28.3. The van der Waals surface area contributed by atoms with E-state index < -0.39 is 12.0 Å². The summed E-state index contributed by atoms with van der Waals surface area (Å²) in [5.41, 5.74) is 1.17. The van der Waals surface area contributed by atoms with Gasteiger partial charge in [-0.25, -0.2) is 0 Å². The molecular weight excluding hydrogens is 318 g/mol. The van der Waals surface area contributed by atoms with Gasteiger partial charge in [-0.05, 0) is 26.1 Å². The number of carbonyl (C=O) groups is 2. The van der Waals surface area contributed by atoms with Crippen molar-refractivity contribution in [2.75, 3.05) is 38.1 Å². The lowest BCUT2D eigenvalue weighted by atomic mass is 9.86. The molecule has 0 saturated carbocycles. The molecule has 0 bridgehead atoms. The number of aliphatic hydroxyl groups is 1. The summed E-state index contributed by atoms with van der Waals surface area (Å²) in [5.74, 6) is -0.952. The first kappa shape index (κ1) is 19.4. The van der Waals surface area contributed by atoms with Crippen molar-refractivity contribution in [1.82, 2.24) is 10.2 Å². The third-order valence-corrected chi connectivity index (χ3v) is 5.10. The van der Waals surface area contributed by atoms with Crippen molar-refractivity contribution in [3.05, 3.63) is 30.3 Å². The molecule has 0 aromatic heterocycles. The van der Waals surface area contributed by atoms with Gasteiger partial charge >= 0.3 is 0 Å². The zero-order valence-electron chi connectivity index (χ0n) is 15.3. The number of anilines is 1. The van der Waals surface area contributed by atoms with Gasteiger partial charge in [-0.1, -0.05) is 25.1 Å². The lowest BCUT2D eigenvalue weighted by molar-refractivity contribution is -0.137. The molecule has 1 saturated heterocycles. The minimum absolute atomic E-state index is 0.0274. The van der Waals surface area contributed by atoms with E-state index in [4.69, 9.17) is 0 Å². The number of rotatable bonds is 7. The van der Waals surface area contributed by atoms with E-state index in [0.29, 0.717) is 13.1 Å². The molecule has 0 aliphatic carbocycles. The lowest BCUT2D eigenvalue weighted by Crippen LogP contribution is -2.54. The Morgan fingerprint density at radius 1 is 1.16 bits per heavy atom. The van der Waals surface area contributed by atoms with Crippen LogP contribution in [-0.4, -0.2) is 67.6 Å². The number of amides is 1. The molecule has 138 valence electrons. The summed E-state index contributed by atoms with van der Waals surface area (Å²) < 4.78 is 0. The Morgan fingerprint density at radius 3 is 2.24 bits per heavy atom. The van der Waals surface area contributed by atoms with Gasteiger partial charge in [0.15, 0.2) is 0 Å². The average molecular weight is 347 g/mol. The second-order valence-corrected chi connectivity index (χ2v) is 6.71. The Bertz CT molecular complexity index is 556. The summed E-state index contributed by atoms with van der Waals surface area (Å²) in [6.45, 7) is 6.31. The molecule has 6 nitrogen and oxygen atoms in total. The van der Waals surface area contributed by atoms with Crippen LogP contribution in [0, 0.1) is 11.8 Å². The molecule has 25 heavy (non-hydrogen) atoms. The number of benzene rings is 1. The maximum atomic E-state index is 12.9. The summed E-state index contributed by atoms with van der Waals surface area (Å²) >= 11 is 0. The second-order valence-electron chi connectivity index (χ2n) is 6.71. The number of hydrogen-bond acceptors (Lipinski definition) is 5. The van der Waals surface area contributed by atoms with Crippen LogP contribution in [0.5, 0.6) is 0 Å². The van der Waals surface area contributed by atoms with Crippen molar-refractivity contribution in [2.45, 2.75) is 26.0 Å². The monoisotopic (exact) mass is 347 g/mol. The van der Waals surface area contributed by atoms with Gasteiger partial charge in [-0.3, -0.25) is 4.79 Å². The van der Waals surface area contributed by atoms with E-state index in [9.17, 15) is 14.7 Å². The molecule has 1 fully saturated rings. The van der Waals surface area contributed by atoms with Crippen LogP contribution in [0.15, 0.2) is 30.3 Å². The maximum absolute atomic E-state index is 12.9. The maximum Gasteiger partial charge on any atom is 0.227 e. The molecule has 1 aliphatic rings. The van der Waals surface area contributed by atoms with Crippen LogP contribution in [0.1, 0.15) is 13.8 Å². The Hall–Kier alpha value is -1.92. The van der Waals surface area contributed by atoms with E-state index in [1.54, 1.807) is 14.0 Å². The predicted octanol–water partition coefficient (Wildman–Crippen LogP) is 0.755. The Labute approximate surface area is 149 Å². The van der Waals surface area contributed by atoms with Crippen LogP contribution in [0.3, 0.4) is 0 Å². The molecule has 0 radical (unpaired) electrons. The van der Waals surface area contributed by atoms with E-state index in [1.165, 1.54) is 5.69 Å². The summed E-state index contributed by atoms with van der Waals surface area (Å²) in [5, 5.41) is 12.9. The van der Waals surface area contributed by atoms with E-state index in [1.807, 2.05) is 30.0 Å². The number of nitrogens with zero attached hydrogens (tertiary/aromatic N) is 2. The lowest BCUT2D eigenvalue weighted by Gasteiger charge is -2.39. The highest BCUT2D eigenvalue weighted by Gasteiger charge is 2.35. The highest BCUT2D eigenvalue weighted by molar-refractivity contribution is 5.80. The number of para-hydroxylation sites is 1. The molecule has 0 unspecified atom stereocenters. The first-order chi connectivity index (χ1) is 12.0. The molecule has 1 aromatic rings. The molecule has 4 atom stereocenters. The van der Waals surface area contributed by atoms with Gasteiger partial charge in [0.25, 0.3) is 0 Å². The molecule has 6 heteroatoms. The number of hydrogen-bond donors (Lipinski definition) is 2. The van der Waals surface area contributed by atoms with Crippen molar-refractivity contribution in [2.24, 2.45) is 11.8 Å². The standard InChI is InChI=1S/C19H29N3O3/c1-14(18(20-3)17(13-23)15(2)24)19(25)22-11-9-21(10-12-22)16-7-5-4-6-8-16/h4-8,13-15,17-18,20,24H,9-12H2,1-3H3/t14-,15-,17-,18-/m1/s1. The smallest absolute Gasteiger partial charge is 0.227 e. The topological polar surface area (TPSA) is 72.9 Å². The summed E-state index contributed by atoms with van der Waals surface area (Å²) in [7, 11) is 1.72. The predicted molar refractivity (Wildman–Crippen MR) is 98.5 cm³/mol. The Morgan fingerprint density at radius 2 is 1.76 bits per heavy atom. The molecule has 1 aromatic carbocycles. The zero-order chi connectivity index (χ0) is 18.4. The number of carbonyl (C=O) groups excluding carboxylic acids is 2. The highest BCUT2D eigenvalue weighted by atomic mass is 16.3. The van der Waals surface area contributed by atoms with Crippen LogP contribution >= 0.6 is 0 Å². The molecule has 1 amide bonds. The first-order valence-electron chi connectivity index (χ1n) is 8.89. The summed E-state index contributed by atoms with van der Waals surface area (Å²) in [6.07, 6.45) is -0.0525. The SMILES string of the molecule is CN[C@@H]([C@H](C=O)[C@@H](C)O)[C@@H](C)C(=O)N1CCN(c2ccccc2)CC1. The largest absolute Gasteiger partial charge is 0.393 e. The van der Waals surface area contributed by atoms with Gasteiger partial charge in [0.2, 0.25) is 5.91 Å². The molecule has 0 spiro atoms. The van der Waals surface area contributed by atoms with Gasteiger partial charge in [-0.15, -0.1) is 0 Å². The van der Waals surface area contributed by atoms with Gasteiger partial charge in [0.05, 0.1) is 17.9 Å². The van der Waals surface area contributed by atoms with Crippen molar-refractivity contribution < 1.29 is 14.7 Å². The van der Waals surface area contributed by atoms with Crippen molar-refractivity contribution in [1.29, 1.82) is 0 Å². The minimum Gasteiger partial charge on any atom is -0.393 e. The number of nitrogens with one attached hydrogen (secondary N) is 1. The molecule has 1 heterocycles. The molecule has 1 aliphatic heterocycles. The van der Waals surface area contributed by atoms with E-state index in [2.05, 4.69) is 22.3 Å². The molecule has 2 rings (SSSR count). The summed E-state index contributed by atoms with van der Waals surface area (Å²) in [6, 6.07) is 9.80. The normalized spacial score (nSPS) is 19.8. The zero-order valence-corrected chi connectivity index (χ0v) is 15.3. The van der Waals surface area contributed by atoms with E-state index in [-0.39, 0.29) is 17.9 Å². The van der Waals surface area contributed by atoms with Gasteiger partial charge < -0.3 is 25.0 Å². The molecule has 2 N–H and O–H groups in total. The average Bonchev–Trinajstić information content (AvgIpc) is 2.65. The fourth-order valence-electron chi connectivity index (χ4n) is 3.54. The van der Waals surface area contributed by atoms with Crippen molar-refractivity contribution in [3.8, 4) is 0 Å². The van der Waals surface area contributed by atoms with Crippen molar-refractivity contribution in [3.63, 3.8) is 0 Å². The van der Waals surface area contributed by atoms with Crippen LogP contribution < -0.4 is 10.2 Å². The Kier molecular flexibility index (Phi) is 6.96. The van der Waals surface area contributed by atoms with Crippen molar-refractivity contribution >= 4 is 17.9 Å².